The second kappa shape index (κ2) is 6.42. The quantitative estimate of drug-likeness (QED) is 0.722. The lowest BCUT2D eigenvalue weighted by atomic mass is 10.1. The SMILES string of the molecule is c1cnc2c(c1)OC[C@H](c1ccc(CN3CCn4cnnc4C3)cc1)O2. The zero-order valence-electron chi connectivity index (χ0n) is 14.3. The van der Waals surface area contributed by atoms with E-state index in [-0.39, 0.29) is 6.10 Å². The van der Waals surface area contributed by atoms with Gasteiger partial charge in [0.1, 0.15) is 18.8 Å². The van der Waals surface area contributed by atoms with Gasteiger partial charge in [-0.2, -0.15) is 0 Å². The average Bonchev–Trinajstić information content (AvgIpc) is 3.16. The van der Waals surface area contributed by atoms with Crippen LogP contribution in [-0.4, -0.2) is 37.8 Å². The maximum absolute atomic E-state index is 5.97. The number of pyridine rings is 1. The Bertz CT molecular complexity index is 908. The standard InChI is InChI=1S/C19H19N5O2/c1-2-16-19(20-7-1)26-17(12-25-16)15-5-3-14(4-6-15)10-23-8-9-24-13-21-22-18(24)11-23/h1-7,13,17H,8-12H2/t17-/m1/s1. The van der Waals surface area contributed by atoms with Gasteiger partial charge in [-0.3, -0.25) is 4.90 Å². The van der Waals surface area contributed by atoms with Gasteiger partial charge in [-0.15, -0.1) is 10.2 Å². The van der Waals surface area contributed by atoms with Crippen LogP contribution in [0, 0.1) is 0 Å². The minimum Gasteiger partial charge on any atom is -0.484 e. The molecule has 7 nitrogen and oxygen atoms in total. The van der Waals surface area contributed by atoms with Crippen molar-refractivity contribution in [3.8, 4) is 11.6 Å². The van der Waals surface area contributed by atoms with E-state index < -0.39 is 0 Å². The molecule has 0 saturated heterocycles. The van der Waals surface area contributed by atoms with Crippen molar-refractivity contribution in [2.45, 2.75) is 25.7 Å². The van der Waals surface area contributed by atoms with Crippen molar-refractivity contribution >= 4 is 0 Å². The molecule has 2 aliphatic heterocycles. The van der Waals surface area contributed by atoms with Crippen LogP contribution in [0.4, 0.5) is 0 Å². The lowest BCUT2D eigenvalue weighted by Gasteiger charge is -2.27. The van der Waals surface area contributed by atoms with E-state index in [0.717, 1.165) is 37.6 Å². The van der Waals surface area contributed by atoms with Gasteiger partial charge >= 0.3 is 0 Å². The Morgan fingerprint density at radius 2 is 2.04 bits per heavy atom. The third-order valence-corrected chi connectivity index (χ3v) is 4.86. The molecule has 0 aliphatic carbocycles. The third-order valence-electron chi connectivity index (χ3n) is 4.86. The summed E-state index contributed by atoms with van der Waals surface area (Å²) in [6, 6.07) is 12.3. The van der Waals surface area contributed by atoms with Crippen LogP contribution < -0.4 is 9.47 Å². The van der Waals surface area contributed by atoms with Gasteiger partial charge in [0.15, 0.2) is 11.9 Å². The van der Waals surface area contributed by atoms with Crippen LogP contribution >= 0.6 is 0 Å². The Labute approximate surface area is 151 Å². The number of hydrogen-bond acceptors (Lipinski definition) is 6. The molecule has 1 atom stereocenters. The highest BCUT2D eigenvalue weighted by Crippen LogP contribution is 2.34. The van der Waals surface area contributed by atoms with Gasteiger partial charge < -0.3 is 14.0 Å². The number of ether oxygens (including phenoxy) is 2. The van der Waals surface area contributed by atoms with Gasteiger partial charge in [-0.05, 0) is 23.3 Å². The Kier molecular flexibility index (Phi) is 3.79. The maximum Gasteiger partial charge on any atom is 0.257 e. The van der Waals surface area contributed by atoms with Gasteiger partial charge in [0.05, 0.1) is 6.54 Å². The number of hydrogen-bond donors (Lipinski definition) is 0. The Morgan fingerprint density at radius 3 is 2.96 bits per heavy atom. The van der Waals surface area contributed by atoms with Crippen molar-refractivity contribution in [3.63, 3.8) is 0 Å². The van der Waals surface area contributed by atoms with Crippen molar-refractivity contribution in [1.29, 1.82) is 0 Å². The number of fused-ring (bicyclic) bond motifs is 2. The Hall–Kier alpha value is -2.93. The van der Waals surface area contributed by atoms with Crippen molar-refractivity contribution in [1.82, 2.24) is 24.6 Å². The summed E-state index contributed by atoms with van der Waals surface area (Å²) in [5, 5.41) is 8.16. The smallest absolute Gasteiger partial charge is 0.257 e. The second-order valence-electron chi connectivity index (χ2n) is 6.62. The van der Waals surface area contributed by atoms with Crippen LogP contribution in [0.5, 0.6) is 11.6 Å². The highest BCUT2D eigenvalue weighted by molar-refractivity contribution is 5.35. The monoisotopic (exact) mass is 349 g/mol. The fourth-order valence-electron chi connectivity index (χ4n) is 3.42. The molecule has 1 aromatic carbocycles. The largest absolute Gasteiger partial charge is 0.484 e. The third kappa shape index (κ3) is 2.90. The lowest BCUT2D eigenvalue weighted by Crippen LogP contribution is -2.33. The van der Waals surface area contributed by atoms with E-state index in [1.807, 2.05) is 12.1 Å². The molecule has 5 rings (SSSR count). The van der Waals surface area contributed by atoms with Crippen LogP contribution in [0.15, 0.2) is 48.9 Å². The fourth-order valence-corrected chi connectivity index (χ4v) is 3.42. The number of aromatic nitrogens is 4. The summed E-state index contributed by atoms with van der Waals surface area (Å²) < 4.78 is 13.8. The average molecular weight is 349 g/mol. The van der Waals surface area contributed by atoms with E-state index in [9.17, 15) is 0 Å². The summed E-state index contributed by atoms with van der Waals surface area (Å²) in [7, 11) is 0. The summed E-state index contributed by atoms with van der Waals surface area (Å²) in [4.78, 5) is 6.63. The maximum atomic E-state index is 5.97. The van der Waals surface area contributed by atoms with E-state index in [2.05, 4.69) is 48.9 Å². The van der Waals surface area contributed by atoms with Crippen molar-refractivity contribution in [2.24, 2.45) is 0 Å². The summed E-state index contributed by atoms with van der Waals surface area (Å²) in [6.07, 6.45) is 3.40. The van der Waals surface area contributed by atoms with Crippen LogP contribution in [0.2, 0.25) is 0 Å². The topological polar surface area (TPSA) is 65.3 Å². The molecule has 0 radical (unpaired) electrons. The summed E-state index contributed by atoms with van der Waals surface area (Å²) in [6.45, 7) is 4.19. The normalized spacial score (nSPS) is 19.2. The lowest BCUT2D eigenvalue weighted by molar-refractivity contribution is 0.0850. The summed E-state index contributed by atoms with van der Waals surface area (Å²) in [5.74, 6) is 2.30. The highest BCUT2D eigenvalue weighted by Gasteiger charge is 2.23. The molecule has 0 unspecified atom stereocenters. The molecule has 132 valence electrons. The molecular formula is C19H19N5O2. The molecule has 0 amide bonds. The Morgan fingerprint density at radius 1 is 1.12 bits per heavy atom. The zero-order valence-corrected chi connectivity index (χ0v) is 14.3. The first-order chi connectivity index (χ1) is 12.8. The molecule has 0 bridgehead atoms. The van der Waals surface area contributed by atoms with Gasteiger partial charge in [0.2, 0.25) is 0 Å². The fraction of sp³-hybridized carbons (Fsp3) is 0.316. The molecule has 2 aliphatic rings. The van der Waals surface area contributed by atoms with E-state index in [1.165, 1.54) is 5.56 Å². The zero-order chi connectivity index (χ0) is 17.3. The molecule has 0 saturated carbocycles. The van der Waals surface area contributed by atoms with Crippen LogP contribution in [0.1, 0.15) is 23.1 Å². The predicted octanol–water partition coefficient (Wildman–Crippen LogP) is 2.20. The van der Waals surface area contributed by atoms with Crippen LogP contribution in [0.25, 0.3) is 0 Å². The summed E-state index contributed by atoms with van der Waals surface area (Å²) in [5.41, 5.74) is 2.38. The molecule has 4 heterocycles. The Balaban J connectivity index is 1.25. The van der Waals surface area contributed by atoms with E-state index in [1.54, 1.807) is 12.5 Å². The first-order valence-electron chi connectivity index (χ1n) is 8.77. The second-order valence-corrected chi connectivity index (χ2v) is 6.62. The van der Waals surface area contributed by atoms with Gasteiger partial charge in [0.25, 0.3) is 5.88 Å². The molecule has 0 N–H and O–H groups in total. The summed E-state index contributed by atoms with van der Waals surface area (Å²) >= 11 is 0. The van der Waals surface area contributed by atoms with Crippen molar-refractivity contribution in [2.75, 3.05) is 13.2 Å². The van der Waals surface area contributed by atoms with Crippen LogP contribution in [-0.2, 0) is 19.6 Å². The predicted molar refractivity (Wildman–Crippen MR) is 93.7 cm³/mol. The molecule has 0 spiro atoms. The first-order valence-corrected chi connectivity index (χ1v) is 8.77. The molecule has 0 fully saturated rings. The van der Waals surface area contributed by atoms with Crippen molar-refractivity contribution in [3.05, 3.63) is 65.9 Å². The van der Waals surface area contributed by atoms with E-state index in [4.69, 9.17) is 9.47 Å². The molecule has 26 heavy (non-hydrogen) atoms. The van der Waals surface area contributed by atoms with E-state index >= 15 is 0 Å². The molecule has 2 aromatic heterocycles. The number of nitrogens with zero attached hydrogens (tertiary/aromatic N) is 5. The van der Waals surface area contributed by atoms with Gasteiger partial charge in [-0.1, -0.05) is 24.3 Å². The van der Waals surface area contributed by atoms with Gasteiger partial charge in [-0.25, -0.2) is 4.98 Å². The minimum absolute atomic E-state index is 0.125. The first kappa shape index (κ1) is 15.3. The van der Waals surface area contributed by atoms with Crippen LogP contribution in [0.3, 0.4) is 0 Å². The van der Waals surface area contributed by atoms with Gasteiger partial charge in [0, 0.05) is 25.8 Å². The van der Waals surface area contributed by atoms with E-state index in [0.29, 0.717) is 18.2 Å². The number of benzene rings is 1. The molecule has 3 aromatic rings. The molecule has 7 heteroatoms. The van der Waals surface area contributed by atoms with Crippen molar-refractivity contribution < 1.29 is 9.47 Å². The minimum atomic E-state index is -0.125. The number of rotatable bonds is 3. The molecular weight excluding hydrogens is 330 g/mol. The highest BCUT2D eigenvalue weighted by atomic mass is 16.6.